The highest BCUT2D eigenvalue weighted by Gasteiger charge is 2.21. The minimum absolute atomic E-state index is 0.0691. The maximum atomic E-state index is 13.4. The summed E-state index contributed by atoms with van der Waals surface area (Å²) in [4.78, 5) is 28.2. The lowest BCUT2D eigenvalue weighted by atomic mass is 10.1. The molecule has 2 fully saturated rings. The first kappa shape index (κ1) is 26.5. The topological polar surface area (TPSA) is 115 Å². The van der Waals surface area contributed by atoms with E-state index in [2.05, 4.69) is 0 Å². The van der Waals surface area contributed by atoms with Crippen LogP contribution in [-0.4, -0.2) is 66.4 Å². The normalized spacial score (nSPS) is 17.0. The molecule has 0 atom stereocenters. The van der Waals surface area contributed by atoms with Crippen LogP contribution in [-0.2, 0) is 19.4 Å². The van der Waals surface area contributed by atoms with E-state index in [0.717, 1.165) is 38.5 Å². The third-order valence-corrected chi connectivity index (χ3v) is 8.51. The van der Waals surface area contributed by atoms with Crippen LogP contribution in [0.1, 0.15) is 49.7 Å². The number of hydrogen-bond donors (Lipinski definition) is 2. The summed E-state index contributed by atoms with van der Waals surface area (Å²) < 4.78 is 26.7. The third kappa shape index (κ3) is 6.40. The van der Waals surface area contributed by atoms with Crippen LogP contribution >= 0.6 is 0 Å². The Morgan fingerprint density at radius 2 is 1.03 bits per heavy atom. The summed E-state index contributed by atoms with van der Waals surface area (Å²) in [6.07, 6.45) is 11.5. The van der Waals surface area contributed by atoms with Crippen LogP contribution in [0.4, 0.5) is 0 Å². The lowest BCUT2D eigenvalue weighted by Gasteiger charge is -2.25. The molecule has 37 heavy (non-hydrogen) atoms. The van der Waals surface area contributed by atoms with Crippen molar-refractivity contribution < 1.29 is 28.2 Å². The van der Waals surface area contributed by atoms with E-state index in [1.165, 1.54) is 60.7 Å². The Morgan fingerprint density at radius 1 is 0.649 bits per heavy atom. The number of aromatic hydroxyl groups is 2. The van der Waals surface area contributed by atoms with Crippen molar-refractivity contribution in [2.24, 2.45) is 0 Å². The van der Waals surface area contributed by atoms with E-state index in [0.29, 0.717) is 26.2 Å². The van der Waals surface area contributed by atoms with Crippen LogP contribution in [0.2, 0.25) is 0 Å². The van der Waals surface area contributed by atoms with Gasteiger partial charge in [-0.1, -0.05) is 0 Å². The van der Waals surface area contributed by atoms with E-state index in [4.69, 9.17) is 0 Å². The van der Waals surface area contributed by atoms with E-state index in [9.17, 15) is 28.2 Å². The van der Waals surface area contributed by atoms with E-state index < -0.39 is 9.84 Å². The molecular weight excluding hydrogens is 492 g/mol. The second kappa shape index (κ2) is 11.6. The van der Waals surface area contributed by atoms with Crippen LogP contribution < -0.4 is 0 Å². The molecular formula is C28H32N2O6S. The van der Waals surface area contributed by atoms with Gasteiger partial charge in [-0.15, -0.1) is 0 Å². The molecule has 2 amide bonds. The number of carbonyl (C=O) groups is 2. The molecule has 0 radical (unpaired) electrons. The summed E-state index contributed by atoms with van der Waals surface area (Å²) in [5.41, 5.74) is 0.412. The number of likely N-dealkylation sites (tertiary alicyclic amines) is 2. The van der Waals surface area contributed by atoms with E-state index in [1.54, 1.807) is 9.80 Å². The summed E-state index contributed by atoms with van der Waals surface area (Å²) in [5.74, 6) is -0.651. The van der Waals surface area contributed by atoms with Gasteiger partial charge in [-0.2, -0.15) is 0 Å². The summed E-state index contributed by atoms with van der Waals surface area (Å²) in [6.45, 7) is 2.74. The van der Waals surface area contributed by atoms with Gasteiger partial charge in [0, 0.05) is 49.5 Å². The Balaban J connectivity index is 1.55. The molecule has 4 rings (SSSR count). The molecule has 0 bridgehead atoms. The highest BCUT2D eigenvalue weighted by Crippen LogP contribution is 2.30. The van der Waals surface area contributed by atoms with Crippen molar-refractivity contribution in [3.63, 3.8) is 0 Å². The summed E-state index contributed by atoms with van der Waals surface area (Å²) >= 11 is 0. The van der Waals surface area contributed by atoms with E-state index >= 15 is 0 Å². The second-order valence-corrected chi connectivity index (χ2v) is 11.3. The van der Waals surface area contributed by atoms with Crippen molar-refractivity contribution in [2.45, 2.75) is 48.3 Å². The molecule has 2 aromatic carbocycles. The molecule has 2 heterocycles. The maximum Gasteiger partial charge on any atom is 0.246 e. The average Bonchev–Trinajstić information content (AvgIpc) is 2.92. The highest BCUT2D eigenvalue weighted by atomic mass is 32.2. The molecule has 0 unspecified atom stereocenters. The smallest absolute Gasteiger partial charge is 0.246 e. The fraction of sp³-hybridized carbons (Fsp3) is 0.357. The Kier molecular flexibility index (Phi) is 8.33. The number of piperidine rings is 2. The number of sulfone groups is 1. The van der Waals surface area contributed by atoms with Crippen molar-refractivity contribution in [2.75, 3.05) is 26.2 Å². The molecule has 2 aliphatic rings. The van der Waals surface area contributed by atoms with Crippen molar-refractivity contribution in [3.8, 4) is 11.5 Å². The minimum atomic E-state index is -4.02. The number of carbonyl (C=O) groups excluding carboxylic acids is 2. The standard InChI is InChI=1S/C28H32N2O6S/c31-25-11-9-23(19-21(25)7-13-27(33)29-15-3-1-4-16-29)37(35,36)24-10-12-26(32)22(20-24)8-14-28(34)30-17-5-2-6-18-30/h7-14,19-20,31-32H,1-6,15-18H2/b13-7+,14-8+. The number of rotatable bonds is 6. The fourth-order valence-electron chi connectivity index (χ4n) is 4.56. The Hall–Kier alpha value is -3.59. The Labute approximate surface area is 217 Å². The van der Waals surface area contributed by atoms with E-state index in [-0.39, 0.29) is 44.2 Å². The molecule has 0 saturated carbocycles. The molecule has 2 aliphatic heterocycles. The molecule has 0 spiro atoms. The average molecular weight is 525 g/mol. The number of amides is 2. The second-order valence-electron chi connectivity index (χ2n) is 9.38. The van der Waals surface area contributed by atoms with Gasteiger partial charge in [-0.05, 0) is 87.1 Å². The largest absolute Gasteiger partial charge is 0.507 e. The molecule has 196 valence electrons. The summed E-state index contributed by atoms with van der Waals surface area (Å²) in [7, 11) is -4.02. The number of nitrogens with zero attached hydrogens (tertiary/aromatic N) is 2. The van der Waals surface area contributed by atoms with Crippen molar-refractivity contribution >= 4 is 33.8 Å². The number of phenolic OH excluding ortho intramolecular Hbond substituents is 2. The van der Waals surface area contributed by atoms with Gasteiger partial charge in [0.1, 0.15) is 11.5 Å². The lowest BCUT2D eigenvalue weighted by Crippen LogP contribution is -2.34. The highest BCUT2D eigenvalue weighted by molar-refractivity contribution is 7.91. The predicted molar refractivity (Wildman–Crippen MR) is 141 cm³/mol. The zero-order chi connectivity index (χ0) is 26.4. The van der Waals surface area contributed by atoms with Crippen LogP contribution in [0.5, 0.6) is 11.5 Å². The third-order valence-electron chi connectivity index (χ3n) is 6.77. The van der Waals surface area contributed by atoms with Crippen molar-refractivity contribution in [1.29, 1.82) is 0 Å². The van der Waals surface area contributed by atoms with Gasteiger partial charge in [0.25, 0.3) is 0 Å². The first-order valence-electron chi connectivity index (χ1n) is 12.6. The SMILES string of the molecule is O=C(/C=C/c1cc(S(=O)(=O)c2ccc(O)c(/C=C/C(=O)N3CCCCC3)c2)ccc1O)N1CCCCC1. The van der Waals surface area contributed by atoms with Gasteiger partial charge >= 0.3 is 0 Å². The number of phenols is 2. The first-order chi connectivity index (χ1) is 17.8. The molecule has 0 aliphatic carbocycles. The number of benzene rings is 2. The Bertz CT molecular complexity index is 1220. The van der Waals surface area contributed by atoms with Gasteiger partial charge < -0.3 is 20.0 Å². The van der Waals surface area contributed by atoms with Gasteiger partial charge in [0.15, 0.2) is 0 Å². The molecule has 9 heteroatoms. The maximum absolute atomic E-state index is 13.4. The van der Waals surface area contributed by atoms with Crippen LogP contribution in [0.15, 0.2) is 58.3 Å². The summed E-state index contributed by atoms with van der Waals surface area (Å²) in [6, 6.07) is 7.75. The molecule has 8 nitrogen and oxygen atoms in total. The molecule has 0 aromatic heterocycles. The van der Waals surface area contributed by atoms with Crippen LogP contribution in [0.3, 0.4) is 0 Å². The minimum Gasteiger partial charge on any atom is -0.507 e. The summed E-state index contributed by atoms with van der Waals surface area (Å²) in [5, 5.41) is 20.5. The lowest BCUT2D eigenvalue weighted by molar-refractivity contribution is -0.127. The van der Waals surface area contributed by atoms with Crippen LogP contribution in [0.25, 0.3) is 12.2 Å². The van der Waals surface area contributed by atoms with E-state index in [1.807, 2.05) is 0 Å². The van der Waals surface area contributed by atoms with Crippen molar-refractivity contribution in [3.05, 3.63) is 59.7 Å². The first-order valence-corrected chi connectivity index (χ1v) is 14.1. The molecule has 2 N–H and O–H groups in total. The van der Waals surface area contributed by atoms with Gasteiger partial charge in [0.05, 0.1) is 9.79 Å². The molecule has 2 saturated heterocycles. The zero-order valence-corrected chi connectivity index (χ0v) is 21.5. The number of hydrogen-bond acceptors (Lipinski definition) is 6. The molecule has 2 aromatic rings. The monoisotopic (exact) mass is 524 g/mol. The van der Waals surface area contributed by atoms with Crippen LogP contribution in [0, 0.1) is 0 Å². The quantitative estimate of drug-likeness (QED) is 0.553. The predicted octanol–water partition coefficient (Wildman–Crippen LogP) is 3.98. The van der Waals surface area contributed by atoms with Gasteiger partial charge in [0.2, 0.25) is 21.7 Å². The van der Waals surface area contributed by atoms with Crippen molar-refractivity contribution in [1.82, 2.24) is 9.80 Å². The zero-order valence-electron chi connectivity index (χ0n) is 20.7. The van der Waals surface area contributed by atoms with Gasteiger partial charge in [-0.25, -0.2) is 8.42 Å². The van der Waals surface area contributed by atoms with Gasteiger partial charge in [-0.3, -0.25) is 9.59 Å². The Morgan fingerprint density at radius 3 is 1.41 bits per heavy atom. The fourth-order valence-corrected chi connectivity index (χ4v) is 5.89.